The molecule has 1 unspecified atom stereocenters. The summed E-state index contributed by atoms with van der Waals surface area (Å²) >= 11 is 1.78. The van der Waals surface area contributed by atoms with E-state index in [1.165, 1.54) is 6.20 Å². The highest BCUT2D eigenvalue weighted by Crippen LogP contribution is 2.19. The van der Waals surface area contributed by atoms with Gasteiger partial charge in [0.05, 0.1) is 0 Å². The summed E-state index contributed by atoms with van der Waals surface area (Å²) in [5.41, 5.74) is 6.02. The lowest BCUT2D eigenvalue weighted by molar-refractivity contribution is 0.318. The molecular formula is C11H19N5OS. The Kier molecular flexibility index (Phi) is 5.70. The zero-order chi connectivity index (χ0) is 13.5. The van der Waals surface area contributed by atoms with Crippen LogP contribution in [0, 0.1) is 0 Å². The lowest BCUT2D eigenvalue weighted by Gasteiger charge is -2.28. The van der Waals surface area contributed by atoms with Gasteiger partial charge in [0.15, 0.2) is 17.3 Å². The first-order valence-electron chi connectivity index (χ1n) is 5.66. The molecule has 0 aliphatic carbocycles. The largest absolute Gasteiger partial charge is 0.409 e. The van der Waals surface area contributed by atoms with Crippen molar-refractivity contribution in [2.24, 2.45) is 10.9 Å². The first-order chi connectivity index (χ1) is 8.65. The third-order valence-electron chi connectivity index (χ3n) is 2.74. The lowest BCUT2D eigenvalue weighted by Crippen LogP contribution is -2.36. The van der Waals surface area contributed by atoms with Crippen LogP contribution in [-0.4, -0.2) is 46.1 Å². The molecule has 0 aliphatic rings. The summed E-state index contributed by atoms with van der Waals surface area (Å²) < 4.78 is 0. The summed E-state index contributed by atoms with van der Waals surface area (Å²) in [5.74, 6) is 1.59. The third-order valence-corrected chi connectivity index (χ3v) is 3.46. The fourth-order valence-electron chi connectivity index (χ4n) is 1.69. The summed E-state index contributed by atoms with van der Waals surface area (Å²) in [4.78, 5) is 10.4. The van der Waals surface area contributed by atoms with E-state index in [-0.39, 0.29) is 5.84 Å². The van der Waals surface area contributed by atoms with Crippen molar-refractivity contribution >= 4 is 23.4 Å². The molecule has 0 aromatic carbocycles. The summed E-state index contributed by atoms with van der Waals surface area (Å²) in [5, 5.41) is 11.8. The average Bonchev–Trinajstić information content (AvgIpc) is 2.43. The Hall–Kier alpha value is -1.50. The van der Waals surface area contributed by atoms with Crippen LogP contribution in [0.5, 0.6) is 0 Å². The predicted octanol–water partition coefficient (Wildman–Crippen LogP) is 1.15. The van der Waals surface area contributed by atoms with Crippen molar-refractivity contribution in [1.82, 2.24) is 9.97 Å². The quantitative estimate of drug-likeness (QED) is 0.348. The Morgan fingerprint density at radius 2 is 2.22 bits per heavy atom. The molecule has 3 N–H and O–H groups in total. The van der Waals surface area contributed by atoms with Gasteiger partial charge in [0, 0.05) is 31.2 Å². The van der Waals surface area contributed by atoms with Crippen LogP contribution in [0.2, 0.25) is 0 Å². The highest BCUT2D eigenvalue weighted by molar-refractivity contribution is 7.98. The van der Waals surface area contributed by atoms with Crippen molar-refractivity contribution in [2.45, 2.75) is 19.4 Å². The SMILES string of the molecule is CCC(CSC)N(C)c1nccnc1C(N)=NO. The number of oxime groups is 1. The van der Waals surface area contributed by atoms with Crippen molar-refractivity contribution in [3.05, 3.63) is 18.1 Å². The zero-order valence-corrected chi connectivity index (χ0v) is 11.7. The summed E-state index contributed by atoms with van der Waals surface area (Å²) in [6, 6.07) is 0.335. The zero-order valence-electron chi connectivity index (χ0n) is 10.9. The van der Waals surface area contributed by atoms with E-state index < -0.39 is 0 Å². The van der Waals surface area contributed by atoms with Crippen LogP contribution in [0.3, 0.4) is 0 Å². The second kappa shape index (κ2) is 7.05. The minimum Gasteiger partial charge on any atom is -0.409 e. The van der Waals surface area contributed by atoms with Crippen molar-refractivity contribution in [1.29, 1.82) is 0 Å². The fraction of sp³-hybridized carbons (Fsp3) is 0.545. The second-order valence-electron chi connectivity index (χ2n) is 3.84. The summed E-state index contributed by atoms with van der Waals surface area (Å²) in [6.45, 7) is 2.12. The maximum atomic E-state index is 8.77. The number of anilines is 1. The maximum absolute atomic E-state index is 8.77. The lowest BCUT2D eigenvalue weighted by atomic mass is 10.2. The van der Waals surface area contributed by atoms with Crippen LogP contribution in [0.15, 0.2) is 17.5 Å². The molecule has 18 heavy (non-hydrogen) atoms. The molecule has 0 saturated carbocycles. The number of nitrogens with two attached hydrogens (primary N) is 1. The molecule has 0 bridgehead atoms. The van der Waals surface area contributed by atoms with E-state index >= 15 is 0 Å². The molecule has 1 aromatic rings. The van der Waals surface area contributed by atoms with Crippen LogP contribution in [-0.2, 0) is 0 Å². The minimum absolute atomic E-state index is 0.0241. The van der Waals surface area contributed by atoms with E-state index in [4.69, 9.17) is 10.9 Å². The van der Waals surface area contributed by atoms with E-state index in [2.05, 4.69) is 28.3 Å². The van der Waals surface area contributed by atoms with Crippen molar-refractivity contribution < 1.29 is 5.21 Å². The number of thioether (sulfide) groups is 1. The van der Waals surface area contributed by atoms with Gasteiger partial charge in [0.2, 0.25) is 0 Å². The van der Waals surface area contributed by atoms with E-state index in [9.17, 15) is 0 Å². The number of aromatic nitrogens is 2. The molecule has 100 valence electrons. The van der Waals surface area contributed by atoms with Gasteiger partial charge in [0.1, 0.15) is 0 Å². The Morgan fingerprint density at radius 3 is 2.78 bits per heavy atom. The highest BCUT2D eigenvalue weighted by atomic mass is 32.2. The van der Waals surface area contributed by atoms with Gasteiger partial charge in [-0.3, -0.25) is 0 Å². The second-order valence-corrected chi connectivity index (χ2v) is 4.75. The molecule has 0 spiro atoms. The molecule has 0 aliphatic heterocycles. The van der Waals surface area contributed by atoms with Crippen LogP contribution < -0.4 is 10.6 Å². The van der Waals surface area contributed by atoms with Gasteiger partial charge in [-0.15, -0.1) is 0 Å². The standard InChI is InChI=1S/C11H19N5OS/c1-4-8(7-18-3)16(2)11-9(10(12)15-17)13-5-6-14-11/h5-6,8,17H,4,7H2,1-3H3,(H2,12,15). The number of nitrogens with zero attached hydrogens (tertiary/aromatic N) is 4. The molecule has 6 nitrogen and oxygen atoms in total. The van der Waals surface area contributed by atoms with Gasteiger partial charge >= 0.3 is 0 Å². The maximum Gasteiger partial charge on any atom is 0.192 e. The summed E-state index contributed by atoms with van der Waals surface area (Å²) in [7, 11) is 1.95. The van der Waals surface area contributed by atoms with Gasteiger partial charge in [-0.2, -0.15) is 11.8 Å². The fourth-order valence-corrected chi connectivity index (χ4v) is 2.53. The van der Waals surface area contributed by atoms with E-state index in [0.717, 1.165) is 12.2 Å². The molecule has 7 heteroatoms. The Bertz CT molecular complexity index is 412. The molecule has 0 saturated heterocycles. The predicted molar refractivity (Wildman–Crippen MR) is 75.4 cm³/mol. The molecule has 1 heterocycles. The first kappa shape index (κ1) is 14.6. The van der Waals surface area contributed by atoms with Gasteiger partial charge in [0.25, 0.3) is 0 Å². The highest BCUT2D eigenvalue weighted by Gasteiger charge is 2.19. The average molecular weight is 269 g/mol. The van der Waals surface area contributed by atoms with E-state index in [1.54, 1.807) is 18.0 Å². The minimum atomic E-state index is -0.0241. The van der Waals surface area contributed by atoms with E-state index in [1.807, 2.05) is 11.9 Å². The number of hydrogen-bond donors (Lipinski definition) is 2. The Balaban J connectivity index is 3.08. The molecule has 1 rings (SSSR count). The Morgan fingerprint density at radius 1 is 1.56 bits per heavy atom. The number of amidine groups is 1. The molecular weight excluding hydrogens is 250 g/mol. The van der Waals surface area contributed by atoms with Gasteiger partial charge in [-0.05, 0) is 12.7 Å². The first-order valence-corrected chi connectivity index (χ1v) is 7.05. The van der Waals surface area contributed by atoms with Gasteiger partial charge in [-0.25, -0.2) is 9.97 Å². The monoisotopic (exact) mass is 269 g/mol. The van der Waals surface area contributed by atoms with Crippen LogP contribution in [0.1, 0.15) is 19.0 Å². The van der Waals surface area contributed by atoms with E-state index in [0.29, 0.717) is 17.6 Å². The molecule has 0 radical (unpaired) electrons. The van der Waals surface area contributed by atoms with Crippen LogP contribution in [0.4, 0.5) is 5.82 Å². The third kappa shape index (κ3) is 3.25. The molecule has 0 fully saturated rings. The smallest absolute Gasteiger partial charge is 0.192 e. The Labute approximate surface area is 111 Å². The van der Waals surface area contributed by atoms with Crippen LogP contribution >= 0.6 is 11.8 Å². The van der Waals surface area contributed by atoms with Crippen molar-refractivity contribution in [3.63, 3.8) is 0 Å². The summed E-state index contributed by atoms with van der Waals surface area (Å²) in [6.07, 6.45) is 6.19. The molecule has 1 aromatic heterocycles. The van der Waals surface area contributed by atoms with Crippen molar-refractivity contribution in [2.75, 3.05) is 24.0 Å². The number of rotatable bonds is 6. The van der Waals surface area contributed by atoms with Crippen LogP contribution in [0.25, 0.3) is 0 Å². The molecule has 1 atom stereocenters. The number of hydrogen-bond acceptors (Lipinski definition) is 6. The normalized spacial score (nSPS) is 13.4. The topological polar surface area (TPSA) is 87.6 Å². The van der Waals surface area contributed by atoms with Crippen molar-refractivity contribution in [3.8, 4) is 0 Å². The van der Waals surface area contributed by atoms with Gasteiger partial charge < -0.3 is 15.8 Å². The van der Waals surface area contributed by atoms with Gasteiger partial charge in [-0.1, -0.05) is 12.1 Å². The molecule has 0 amide bonds.